The third kappa shape index (κ3) is 3.91. The number of benzene rings is 1. The zero-order chi connectivity index (χ0) is 19.3. The minimum absolute atomic E-state index is 0.214. The van der Waals surface area contributed by atoms with Gasteiger partial charge in [0, 0.05) is 6.20 Å². The van der Waals surface area contributed by atoms with Crippen LogP contribution in [0.4, 0.5) is 0 Å². The normalized spacial score (nSPS) is 12.2. The number of H-pyrrole nitrogens is 2. The molecule has 0 saturated heterocycles. The number of aromatic amines is 2. The molecule has 3 aromatic heterocycles. The van der Waals surface area contributed by atoms with Gasteiger partial charge in [0.2, 0.25) is 0 Å². The van der Waals surface area contributed by atoms with Gasteiger partial charge in [-0.3, -0.25) is 14.9 Å². The average molecular weight is 392 g/mol. The van der Waals surface area contributed by atoms with Crippen LogP contribution in [-0.2, 0) is 0 Å². The van der Waals surface area contributed by atoms with E-state index in [1.54, 1.807) is 24.0 Å². The number of carbonyl (C=O) groups excluding carboxylic acids is 1. The zero-order valence-electron chi connectivity index (χ0n) is 15.3. The number of imidazole rings is 1. The molecule has 0 radical (unpaired) electrons. The van der Waals surface area contributed by atoms with E-state index < -0.39 is 0 Å². The first-order valence-electron chi connectivity index (χ1n) is 8.96. The van der Waals surface area contributed by atoms with Crippen molar-refractivity contribution in [3.8, 4) is 11.4 Å². The van der Waals surface area contributed by atoms with E-state index in [2.05, 4.69) is 30.5 Å². The van der Waals surface area contributed by atoms with Gasteiger partial charge in [-0.05, 0) is 48.8 Å². The maximum Gasteiger partial charge on any atom is 0.269 e. The molecular formula is C20H20N6OS. The second kappa shape index (κ2) is 8.26. The Morgan fingerprint density at radius 1 is 1.18 bits per heavy atom. The van der Waals surface area contributed by atoms with Crippen molar-refractivity contribution >= 4 is 28.7 Å². The third-order valence-electron chi connectivity index (χ3n) is 4.40. The molecule has 4 aromatic rings. The number of nitrogens with one attached hydrogen (secondary N) is 3. The van der Waals surface area contributed by atoms with Crippen LogP contribution < -0.4 is 5.32 Å². The van der Waals surface area contributed by atoms with Crippen LogP contribution in [0, 0.1) is 0 Å². The van der Waals surface area contributed by atoms with Crippen LogP contribution >= 0.6 is 11.8 Å². The lowest BCUT2D eigenvalue weighted by atomic mass is 10.2. The Balaban J connectivity index is 1.55. The smallest absolute Gasteiger partial charge is 0.269 e. The summed E-state index contributed by atoms with van der Waals surface area (Å²) in [6.45, 7) is 0. The fourth-order valence-electron chi connectivity index (χ4n) is 2.97. The van der Waals surface area contributed by atoms with Gasteiger partial charge in [0.05, 0.1) is 22.8 Å². The van der Waals surface area contributed by atoms with E-state index in [-0.39, 0.29) is 11.9 Å². The minimum Gasteiger partial charge on any atom is -0.341 e. The molecule has 8 heteroatoms. The number of pyridine rings is 1. The van der Waals surface area contributed by atoms with Crippen molar-refractivity contribution in [3.63, 3.8) is 0 Å². The summed E-state index contributed by atoms with van der Waals surface area (Å²) in [6, 6.07) is 14.9. The van der Waals surface area contributed by atoms with Gasteiger partial charge in [-0.1, -0.05) is 18.2 Å². The number of carbonyl (C=O) groups is 1. The number of thioether (sulfide) groups is 1. The summed E-state index contributed by atoms with van der Waals surface area (Å²) < 4.78 is 0. The summed E-state index contributed by atoms with van der Waals surface area (Å²) in [4.78, 5) is 25.0. The molecule has 1 atom stereocenters. The molecule has 0 aliphatic carbocycles. The Bertz CT molecular complexity index is 1040. The van der Waals surface area contributed by atoms with Crippen LogP contribution in [0.1, 0.15) is 28.8 Å². The van der Waals surface area contributed by atoms with Crippen molar-refractivity contribution in [1.82, 2.24) is 30.5 Å². The number of aromatic nitrogens is 5. The topological polar surface area (TPSA) is 99.3 Å². The van der Waals surface area contributed by atoms with E-state index in [0.717, 1.165) is 29.0 Å². The summed E-state index contributed by atoms with van der Waals surface area (Å²) in [5, 5.41) is 10.1. The number of hydrogen-bond acceptors (Lipinski definition) is 5. The van der Waals surface area contributed by atoms with E-state index in [0.29, 0.717) is 17.1 Å². The van der Waals surface area contributed by atoms with Gasteiger partial charge in [0.15, 0.2) is 0 Å². The van der Waals surface area contributed by atoms with Gasteiger partial charge in [-0.15, -0.1) is 0 Å². The molecule has 0 unspecified atom stereocenters. The first-order valence-corrected chi connectivity index (χ1v) is 10.4. The lowest BCUT2D eigenvalue weighted by Gasteiger charge is -2.15. The molecule has 0 fully saturated rings. The van der Waals surface area contributed by atoms with Crippen LogP contribution in [0.5, 0.6) is 0 Å². The number of para-hydroxylation sites is 2. The molecule has 142 valence electrons. The van der Waals surface area contributed by atoms with Gasteiger partial charge in [0.25, 0.3) is 5.91 Å². The molecule has 0 aliphatic heterocycles. The molecule has 28 heavy (non-hydrogen) atoms. The van der Waals surface area contributed by atoms with Crippen molar-refractivity contribution < 1.29 is 4.79 Å². The van der Waals surface area contributed by atoms with Crippen molar-refractivity contribution in [2.75, 3.05) is 12.0 Å². The Kier molecular flexibility index (Phi) is 5.38. The van der Waals surface area contributed by atoms with Gasteiger partial charge in [-0.25, -0.2) is 4.98 Å². The second-order valence-electron chi connectivity index (χ2n) is 6.33. The summed E-state index contributed by atoms with van der Waals surface area (Å²) in [5.41, 5.74) is 3.59. The summed E-state index contributed by atoms with van der Waals surface area (Å²) in [6.07, 6.45) is 4.52. The monoisotopic (exact) mass is 392 g/mol. The third-order valence-corrected chi connectivity index (χ3v) is 5.05. The molecular weight excluding hydrogens is 372 g/mol. The first kappa shape index (κ1) is 18.2. The minimum atomic E-state index is -0.221. The molecule has 0 bridgehead atoms. The average Bonchev–Trinajstić information content (AvgIpc) is 3.39. The summed E-state index contributed by atoms with van der Waals surface area (Å²) in [5.74, 6) is 1.44. The summed E-state index contributed by atoms with van der Waals surface area (Å²) in [7, 11) is 0. The highest BCUT2D eigenvalue weighted by Gasteiger charge is 2.20. The second-order valence-corrected chi connectivity index (χ2v) is 7.31. The predicted octanol–water partition coefficient (Wildman–Crippen LogP) is 3.57. The lowest BCUT2D eigenvalue weighted by Crippen LogP contribution is -2.30. The van der Waals surface area contributed by atoms with Gasteiger partial charge >= 0.3 is 0 Å². The maximum absolute atomic E-state index is 12.8. The van der Waals surface area contributed by atoms with Crippen molar-refractivity contribution in [3.05, 3.63) is 66.2 Å². The Morgan fingerprint density at radius 2 is 2.04 bits per heavy atom. The lowest BCUT2D eigenvalue weighted by molar-refractivity contribution is 0.0929. The van der Waals surface area contributed by atoms with Gasteiger partial charge < -0.3 is 10.3 Å². The number of fused-ring (bicyclic) bond motifs is 1. The molecule has 1 aromatic carbocycles. The molecule has 0 aliphatic rings. The van der Waals surface area contributed by atoms with Gasteiger partial charge in [0.1, 0.15) is 17.2 Å². The predicted molar refractivity (Wildman–Crippen MR) is 111 cm³/mol. The molecule has 0 spiro atoms. The van der Waals surface area contributed by atoms with Crippen LogP contribution in [0.3, 0.4) is 0 Å². The van der Waals surface area contributed by atoms with E-state index >= 15 is 0 Å². The van der Waals surface area contributed by atoms with Crippen LogP contribution in [0.2, 0.25) is 0 Å². The molecule has 0 saturated carbocycles. The van der Waals surface area contributed by atoms with Gasteiger partial charge in [-0.2, -0.15) is 16.9 Å². The summed E-state index contributed by atoms with van der Waals surface area (Å²) >= 11 is 1.73. The maximum atomic E-state index is 12.8. The Hall–Kier alpha value is -3.13. The number of rotatable bonds is 7. The molecule has 3 N–H and O–H groups in total. The fourth-order valence-corrected chi connectivity index (χ4v) is 3.44. The largest absolute Gasteiger partial charge is 0.341 e. The molecule has 4 rings (SSSR count). The number of amides is 1. The van der Waals surface area contributed by atoms with Crippen molar-refractivity contribution in [2.45, 2.75) is 12.5 Å². The van der Waals surface area contributed by atoms with E-state index in [1.165, 1.54) is 0 Å². The van der Waals surface area contributed by atoms with Crippen LogP contribution in [-0.4, -0.2) is 43.1 Å². The van der Waals surface area contributed by atoms with E-state index in [9.17, 15) is 4.79 Å². The fraction of sp³-hybridized carbons (Fsp3) is 0.200. The van der Waals surface area contributed by atoms with Crippen LogP contribution in [0.15, 0.2) is 54.7 Å². The number of nitrogens with zero attached hydrogens (tertiary/aromatic N) is 3. The Morgan fingerprint density at radius 3 is 2.82 bits per heavy atom. The molecule has 7 nitrogen and oxygen atoms in total. The number of hydrogen-bond donors (Lipinski definition) is 3. The Labute approximate surface area is 166 Å². The van der Waals surface area contributed by atoms with Crippen molar-refractivity contribution in [1.29, 1.82) is 0 Å². The highest BCUT2D eigenvalue weighted by atomic mass is 32.2. The first-order chi connectivity index (χ1) is 13.7. The van der Waals surface area contributed by atoms with Crippen molar-refractivity contribution in [2.24, 2.45) is 0 Å². The zero-order valence-corrected chi connectivity index (χ0v) is 16.2. The SMILES string of the molecule is CSCC[C@H](NC(=O)c1cc(-c2ccccn2)n[nH]1)c1nc2ccccc2[nH]1. The van der Waals surface area contributed by atoms with E-state index in [4.69, 9.17) is 0 Å². The van der Waals surface area contributed by atoms with E-state index in [1.807, 2.05) is 48.7 Å². The standard InChI is InChI=1S/C20H20N6OS/c1-28-11-9-16(19-22-14-7-2-3-8-15(14)23-19)24-20(27)18-12-17(25-26-18)13-6-4-5-10-21-13/h2-8,10,12,16H,9,11H2,1H3,(H,22,23)(H,24,27)(H,25,26)/t16-/m0/s1. The molecule has 3 heterocycles. The molecule has 1 amide bonds. The quantitative estimate of drug-likeness (QED) is 0.446. The van der Waals surface area contributed by atoms with Crippen LogP contribution in [0.25, 0.3) is 22.4 Å². The highest BCUT2D eigenvalue weighted by molar-refractivity contribution is 7.98. The highest BCUT2D eigenvalue weighted by Crippen LogP contribution is 2.21.